The summed E-state index contributed by atoms with van der Waals surface area (Å²) in [5, 5.41) is 14.2. The number of carboxylic acid groups (broad SMARTS) is 1. The molecule has 112 valence electrons. The first-order valence-corrected chi connectivity index (χ1v) is 8.13. The van der Waals surface area contributed by atoms with Crippen molar-refractivity contribution >= 4 is 31.9 Å². The van der Waals surface area contributed by atoms with E-state index in [1.165, 1.54) is 0 Å². The van der Waals surface area contributed by atoms with E-state index >= 15 is 0 Å². The first-order chi connectivity index (χ1) is 9.81. The van der Waals surface area contributed by atoms with Crippen molar-refractivity contribution in [3.63, 3.8) is 0 Å². The molecule has 0 bridgehead atoms. The van der Waals surface area contributed by atoms with Crippen LogP contribution in [0.5, 0.6) is 0 Å². The van der Waals surface area contributed by atoms with E-state index in [2.05, 4.69) is 30.8 Å². The van der Waals surface area contributed by atoms with Gasteiger partial charge >= 0.3 is 5.97 Å². The van der Waals surface area contributed by atoms with E-state index in [4.69, 9.17) is 5.11 Å². The number of carbonyl (C=O) groups is 1. The number of hydrogen-bond acceptors (Lipinski definition) is 4. The van der Waals surface area contributed by atoms with Gasteiger partial charge in [-0.3, -0.25) is 5.10 Å². The molecule has 1 atom stereocenters. The number of nitrogens with zero attached hydrogens (tertiary/aromatic N) is 1. The third-order valence-electron chi connectivity index (χ3n) is 2.78. The fourth-order valence-corrected chi connectivity index (χ4v) is 3.51. The number of rotatable bonds is 5. The Labute approximate surface area is 129 Å². The lowest BCUT2D eigenvalue weighted by atomic mass is 10.1. The summed E-state index contributed by atoms with van der Waals surface area (Å²) in [6, 6.07) is 6.62. The molecule has 3 N–H and O–H groups in total. The minimum absolute atomic E-state index is 0.399. The van der Waals surface area contributed by atoms with Crippen molar-refractivity contribution in [1.29, 1.82) is 0 Å². The summed E-state index contributed by atoms with van der Waals surface area (Å²) in [5.41, 5.74) is 0.341. The van der Waals surface area contributed by atoms with Gasteiger partial charge in [-0.1, -0.05) is 28.1 Å². The Kier molecular flexibility index (Phi) is 4.45. The van der Waals surface area contributed by atoms with E-state index in [9.17, 15) is 13.2 Å². The molecule has 1 heterocycles. The zero-order chi connectivity index (χ0) is 15.6. The summed E-state index contributed by atoms with van der Waals surface area (Å²) in [7, 11) is -4.02. The van der Waals surface area contributed by atoms with Crippen molar-refractivity contribution in [1.82, 2.24) is 14.9 Å². The van der Waals surface area contributed by atoms with Crippen LogP contribution in [0, 0.1) is 0 Å². The molecule has 7 nitrogen and oxygen atoms in total. The van der Waals surface area contributed by atoms with Gasteiger partial charge in [-0.2, -0.15) is 5.10 Å². The number of aromatic amines is 1. The number of halogens is 1. The Bertz CT molecular complexity index is 772. The maximum atomic E-state index is 12.2. The highest BCUT2D eigenvalue weighted by molar-refractivity contribution is 9.10. The zero-order valence-corrected chi connectivity index (χ0v) is 13.3. The van der Waals surface area contributed by atoms with Crippen molar-refractivity contribution < 1.29 is 18.3 Å². The second-order valence-electron chi connectivity index (χ2n) is 4.32. The van der Waals surface area contributed by atoms with Gasteiger partial charge in [0, 0.05) is 10.5 Å². The first kappa shape index (κ1) is 15.7. The van der Waals surface area contributed by atoms with Crippen molar-refractivity contribution in [2.24, 2.45) is 0 Å². The number of H-pyrrole nitrogens is 1. The number of nitrogens with one attached hydrogen (secondary N) is 2. The second-order valence-corrected chi connectivity index (χ2v) is 6.88. The molecule has 1 aromatic carbocycles. The third kappa shape index (κ3) is 3.49. The molecule has 1 aromatic heterocycles. The van der Waals surface area contributed by atoms with E-state index in [-0.39, 0.29) is 0 Å². The predicted molar refractivity (Wildman–Crippen MR) is 78.4 cm³/mol. The van der Waals surface area contributed by atoms with Crippen LogP contribution in [0.3, 0.4) is 0 Å². The van der Waals surface area contributed by atoms with E-state index in [1.807, 2.05) is 6.07 Å². The van der Waals surface area contributed by atoms with Gasteiger partial charge in [-0.25, -0.2) is 17.9 Å². The van der Waals surface area contributed by atoms with E-state index in [1.54, 1.807) is 25.1 Å². The fourth-order valence-electron chi connectivity index (χ4n) is 1.77. The summed E-state index contributed by atoms with van der Waals surface area (Å²) in [6.45, 7) is 1.66. The van der Waals surface area contributed by atoms with Crippen LogP contribution in [-0.2, 0) is 10.0 Å². The van der Waals surface area contributed by atoms with Crippen LogP contribution in [0.2, 0.25) is 0 Å². The molecule has 0 fully saturated rings. The average molecular weight is 374 g/mol. The lowest BCUT2D eigenvalue weighted by Crippen LogP contribution is -2.28. The lowest BCUT2D eigenvalue weighted by Gasteiger charge is -2.14. The molecule has 0 saturated heterocycles. The van der Waals surface area contributed by atoms with Crippen molar-refractivity contribution in [2.75, 3.05) is 0 Å². The Morgan fingerprint density at radius 3 is 2.81 bits per heavy atom. The van der Waals surface area contributed by atoms with E-state index in [0.717, 1.165) is 16.2 Å². The fraction of sp³-hybridized carbons (Fsp3) is 0.167. The van der Waals surface area contributed by atoms with Gasteiger partial charge in [0.15, 0.2) is 5.03 Å². The SMILES string of the molecule is CC(NS(=O)(=O)c1[nH]ncc1C(=O)O)c1cccc(Br)c1. The lowest BCUT2D eigenvalue weighted by molar-refractivity contribution is 0.0692. The summed E-state index contributed by atoms with van der Waals surface area (Å²) in [5.74, 6) is -1.36. The molecule has 2 aromatic rings. The Balaban J connectivity index is 2.29. The normalized spacial score (nSPS) is 13.0. The van der Waals surface area contributed by atoms with E-state index in [0.29, 0.717) is 0 Å². The van der Waals surface area contributed by atoms with Crippen molar-refractivity contribution in [3.8, 4) is 0 Å². The molecule has 0 aliphatic rings. The molecule has 2 rings (SSSR count). The molecule has 0 radical (unpaired) electrons. The van der Waals surface area contributed by atoms with Gasteiger partial charge in [0.1, 0.15) is 5.56 Å². The van der Waals surface area contributed by atoms with Gasteiger partial charge in [-0.05, 0) is 24.6 Å². The van der Waals surface area contributed by atoms with Crippen LogP contribution in [0.25, 0.3) is 0 Å². The molecule has 0 aliphatic carbocycles. The molecule has 0 saturated carbocycles. The number of carboxylic acids is 1. The smallest absolute Gasteiger partial charge is 0.340 e. The summed E-state index contributed by atoms with van der Waals surface area (Å²) < 4.78 is 27.7. The predicted octanol–water partition coefficient (Wildman–Crippen LogP) is 1.91. The molecular formula is C12H12BrN3O4S. The molecular weight excluding hydrogens is 362 g/mol. The van der Waals surface area contributed by atoms with Crippen LogP contribution in [0.1, 0.15) is 28.9 Å². The number of hydrogen-bond donors (Lipinski definition) is 3. The van der Waals surface area contributed by atoms with Gasteiger partial charge in [-0.15, -0.1) is 0 Å². The number of aromatic carboxylic acids is 1. The van der Waals surface area contributed by atoms with Gasteiger partial charge in [0.05, 0.1) is 6.20 Å². The molecule has 21 heavy (non-hydrogen) atoms. The van der Waals surface area contributed by atoms with Gasteiger partial charge in [0.2, 0.25) is 0 Å². The van der Waals surface area contributed by atoms with Crippen LogP contribution in [0.15, 0.2) is 40.0 Å². The Morgan fingerprint density at radius 2 is 2.19 bits per heavy atom. The van der Waals surface area contributed by atoms with Gasteiger partial charge < -0.3 is 5.11 Å². The molecule has 0 spiro atoms. The van der Waals surface area contributed by atoms with E-state index < -0.39 is 32.6 Å². The van der Waals surface area contributed by atoms with Crippen LogP contribution < -0.4 is 4.72 Å². The van der Waals surface area contributed by atoms with Crippen LogP contribution in [0.4, 0.5) is 0 Å². The third-order valence-corrected chi connectivity index (χ3v) is 4.79. The first-order valence-electron chi connectivity index (χ1n) is 5.85. The maximum absolute atomic E-state index is 12.2. The standard InChI is InChI=1S/C12H12BrN3O4S/c1-7(8-3-2-4-9(13)5-8)16-21(19,20)11-10(12(17)18)6-14-15-11/h2-7,16H,1H3,(H,14,15)(H,17,18). The summed E-state index contributed by atoms with van der Waals surface area (Å²) >= 11 is 3.31. The highest BCUT2D eigenvalue weighted by Crippen LogP contribution is 2.20. The topological polar surface area (TPSA) is 112 Å². The molecule has 0 aliphatic heterocycles. The monoisotopic (exact) mass is 373 g/mol. The minimum Gasteiger partial charge on any atom is -0.478 e. The summed E-state index contributed by atoms with van der Waals surface area (Å²) in [6.07, 6.45) is 0.959. The quantitative estimate of drug-likeness (QED) is 0.740. The van der Waals surface area contributed by atoms with Crippen molar-refractivity contribution in [2.45, 2.75) is 18.0 Å². The Hall–Kier alpha value is -1.71. The molecule has 0 amide bonds. The number of benzene rings is 1. The number of aromatic nitrogens is 2. The highest BCUT2D eigenvalue weighted by atomic mass is 79.9. The largest absolute Gasteiger partial charge is 0.478 e. The van der Waals surface area contributed by atoms with Gasteiger partial charge in [0.25, 0.3) is 10.0 Å². The number of sulfonamides is 1. The van der Waals surface area contributed by atoms with Crippen LogP contribution >= 0.6 is 15.9 Å². The highest BCUT2D eigenvalue weighted by Gasteiger charge is 2.26. The zero-order valence-electron chi connectivity index (χ0n) is 10.9. The Morgan fingerprint density at radius 1 is 1.48 bits per heavy atom. The molecule has 1 unspecified atom stereocenters. The van der Waals surface area contributed by atoms with Crippen LogP contribution in [-0.4, -0.2) is 29.7 Å². The van der Waals surface area contributed by atoms with Crippen molar-refractivity contribution in [3.05, 3.63) is 46.1 Å². The minimum atomic E-state index is -4.02. The second kappa shape index (κ2) is 5.96. The summed E-state index contributed by atoms with van der Waals surface area (Å²) in [4.78, 5) is 11.0. The maximum Gasteiger partial charge on any atom is 0.340 e. The molecule has 9 heteroatoms. The average Bonchev–Trinajstić information content (AvgIpc) is 2.88.